The molecule has 3 aromatic carbocycles. The molecule has 1 aliphatic carbocycles. The maximum absolute atomic E-state index is 11.4. The maximum atomic E-state index is 11.4. The molecule has 1 atom stereocenters. The Kier molecular flexibility index (Phi) is 6.06. The fourth-order valence-electron chi connectivity index (χ4n) is 4.68. The van der Waals surface area contributed by atoms with Gasteiger partial charge >= 0.3 is 0 Å². The van der Waals surface area contributed by atoms with Crippen LogP contribution in [0.2, 0.25) is 0 Å². The normalized spacial score (nSPS) is 15.4. The molecule has 3 nitrogen and oxygen atoms in total. The molecule has 1 aromatic heterocycles. The number of hydrogen-bond donors (Lipinski definition) is 2. The lowest BCUT2D eigenvalue weighted by atomic mass is 9.77. The first-order chi connectivity index (χ1) is 15.7. The number of nitrogens with one attached hydrogen (secondary N) is 1. The Morgan fingerprint density at radius 2 is 1.38 bits per heavy atom. The SMILES string of the molecule is OC(Nc1nc(CCc2ccccc2)cs1)C1(C(c2ccccc2)c2ccccc2)CC1. The molecule has 4 heteroatoms. The summed E-state index contributed by atoms with van der Waals surface area (Å²) in [4.78, 5) is 4.76. The smallest absolute Gasteiger partial charge is 0.184 e. The highest BCUT2D eigenvalue weighted by Gasteiger charge is 2.55. The van der Waals surface area contributed by atoms with E-state index in [2.05, 4.69) is 83.5 Å². The third kappa shape index (κ3) is 4.47. The monoisotopic (exact) mass is 440 g/mol. The Bertz CT molecular complexity index is 1080. The van der Waals surface area contributed by atoms with Crippen molar-refractivity contribution in [2.45, 2.75) is 37.8 Å². The van der Waals surface area contributed by atoms with Crippen molar-refractivity contribution in [1.82, 2.24) is 4.98 Å². The molecular weight excluding hydrogens is 412 g/mol. The topological polar surface area (TPSA) is 45.1 Å². The van der Waals surface area contributed by atoms with Crippen LogP contribution in [-0.2, 0) is 12.8 Å². The average Bonchev–Trinajstić information content (AvgIpc) is 3.52. The molecule has 162 valence electrons. The number of hydrogen-bond acceptors (Lipinski definition) is 4. The molecule has 4 aromatic rings. The van der Waals surface area contributed by atoms with Crippen LogP contribution in [0.4, 0.5) is 5.13 Å². The van der Waals surface area contributed by atoms with E-state index in [1.165, 1.54) is 16.7 Å². The molecule has 0 bridgehead atoms. The van der Waals surface area contributed by atoms with Crippen molar-refractivity contribution in [3.63, 3.8) is 0 Å². The molecule has 1 heterocycles. The molecule has 2 N–H and O–H groups in total. The molecule has 5 rings (SSSR count). The Balaban J connectivity index is 1.32. The van der Waals surface area contributed by atoms with E-state index in [-0.39, 0.29) is 11.3 Å². The van der Waals surface area contributed by atoms with E-state index in [9.17, 15) is 5.11 Å². The van der Waals surface area contributed by atoms with Crippen LogP contribution in [0, 0.1) is 5.41 Å². The van der Waals surface area contributed by atoms with E-state index >= 15 is 0 Å². The number of aliphatic hydroxyl groups is 1. The lowest BCUT2D eigenvalue weighted by Gasteiger charge is -2.32. The van der Waals surface area contributed by atoms with Crippen LogP contribution in [0.5, 0.6) is 0 Å². The van der Waals surface area contributed by atoms with Crippen molar-refractivity contribution in [1.29, 1.82) is 0 Å². The van der Waals surface area contributed by atoms with E-state index in [1.54, 1.807) is 11.3 Å². The van der Waals surface area contributed by atoms with Gasteiger partial charge in [0.25, 0.3) is 0 Å². The van der Waals surface area contributed by atoms with E-state index in [0.717, 1.165) is 36.5 Å². The summed E-state index contributed by atoms with van der Waals surface area (Å²) in [6.07, 6.45) is 3.20. The highest BCUT2D eigenvalue weighted by molar-refractivity contribution is 7.13. The minimum absolute atomic E-state index is 0.143. The van der Waals surface area contributed by atoms with Crippen molar-refractivity contribution in [3.8, 4) is 0 Å². The summed E-state index contributed by atoms with van der Waals surface area (Å²) in [6.45, 7) is 0. The lowest BCUT2D eigenvalue weighted by molar-refractivity contribution is 0.108. The molecule has 0 saturated heterocycles. The lowest BCUT2D eigenvalue weighted by Crippen LogP contribution is -2.35. The van der Waals surface area contributed by atoms with Gasteiger partial charge in [0, 0.05) is 16.7 Å². The van der Waals surface area contributed by atoms with Crippen molar-refractivity contribution in [2.75, 3.05) is 5.32 Å². The zero-order chi connectivity index (χ0) is 21.8. The first kappa shape index (κ1) is 20.9. The second-order valence-electron chi connectivity index (χ2n) is 8.66. The predicted octanol–water partition coefficient (Wildman–Crippen LogP) is 6.27. The van der Waals surface area contributed by atoms with E-state index < -0.39 is 6.23 Å². The van der Waals surface area contributed by atoms with Crippen LogP contribution in [0.15, 0.2) is 96.4 Å². The molecule has 1 saturated carbocycles. The summed E-state index contributed by atoms with van der Waals surface area (Å²) >= 11 is 1.58. The summed E-state index contributed by atoms with van der Waals surface area (Å²) in [6, 6.07) is 31.6. The molecule has 0 aliphatic heterocycles. The number of anilines is 1. The third-order valence-electron chi connectivity index (χ3n) is 6.54. The van der Waals surface area contributed by atoms with E-state index in [0.29, 0.717) is 0 Å². The average molecular weight is 441 g/mol. The number of aryl methyl sites for hydroxylation is 2. The van der Waals surface area contributed by atoms with Gasteiger partial charge in [-0.05, 0) is 42.4 Å². The maximum Gasteiger partial charge on any atom is 0.184 e. The van der Waals surface area contributed by atoms with Gasteiger partial charge in [-0.15, -0.1) is 11.3 Å². The third-order valence-corrected chi connectivity index (χ3v) is 7.36. The van der Waals surface area contributed by atoms with Gasteiger partial charge in [0.15, 0.2) is 5.13 Å². The quantitative estimate of drug-likeness (QED) is 0.302. The Morgan fingerprint density at radius 3 is 1.94 bits per heavy atom. The van der Waals surface area contributed by atoms with Gasteiger partial charge in [0.2, 0.25) is 0 Å². The second kappa shape index (κ2) is 9.27. The summed E-state index contributed by atoms with van der Waals surface area (Å²) in [5.41, 5.74) is 4.67. The van der Waals surface area contributed by atoms with Gasteiger partial charge < -0.3 is 10.4 Å². The van der Waals surface area contributed by atoms with Crippen LogP contribution < -0.4 is 5.32 Å². The first-order valence-corrected chi connectivity index (χ1v) is 12.2. The fraction of sp³-hybridized carbons (Fsp3) is 0.250. The van der Waals surface area contributed by atoms with Gasteiger partial charge in [-0.1, -0.05) is 91.0 Å². The zero-order valence-corrected chi connectivity index (χ0v) is 18.8. The number of nitrogens with zero attached hydrogens (tertiary/aromatic N) is 1. The van der Waals surface area contributed by atoms with Crippen molar-refractivity contribution < 1.29 is 5.11 Å². The van der Waals surface area contributed by atoms with Gasteiger partial charge in [-0.2, -0.15) is 0 Å². The van der Waals surface area contributed by atoms with Crippen LogP contribution >= 0.6 is 11.3 Å². The highest BCUT2D eigenvalue weighted by Crippen LogP contribution is 2.60. The molecular formula is C28H28N2OS. The summed E-state index contributed by atoms with van der Waals surface area (Å²) in [5, 5.41) is 17.6. The van der Waals surface area contributed by atoms with Gasteiger partial charge in [-0.25, -0.2) is 4.98 Å². The van der Waals surface area contributed by atoms with Gasteiger partial charge in [0.1, 0.15) is 6.23 Å². The Hall–Kier alpha value is -2.95. The van der Waals surface area contributed by atoms with Crippen LogP contribution in [0.25, 0.3) is 0 Å². The van der Waals surface area contributed by atoms with Crippen molar-refractivity contribution >= 4 is 16.5 Å². The molecule has 0 spiro atoms. The largest absolute Gasteiger partial charge is 0.373 e. The number of aromatic nitrogens is 1. The predicted molar refractivity (Wildman–Crippen MR) is 132 cm³/mol. The second-order valence-corrected chi connectivity index (χ2v) is 9.52. The number of rotatable bonds is 9. The summed E-state index contributed by atoms with van der Waals surface area (Å²) < 4.78 is 0. The van der Waals surface area contributed by atoms with Crippen molar-refractivity contribution in [3.05, 3.63) is 119 Å². The molecule has 0 amide bonds. The Morgan fingerprint density at radius 1 is 0.812 bits per heavy atom. The van der Waals surface area contributed by atoms with E-state index in [1.807, 2.05) is 18.2 Å². The summed E-state index contributed by atoms with van der Waals surface area (Å²) in [7, 11) is 0. The van der Waals surface area contributed by atoms with Crippen LogP contribution in [-0.4, -0.2) is 16.3 Å². The summed E-state index contributed by atoms with van der Waals surface area (Å²) in [5.74, 6) is 0.143. The molecule has 1 fully saturated rings. The van der Waals surface area contributed by atoms with Gasteiger partial charge in [0.05, 0.1) is 5.69 Å². The number of thiazole rings is 1. The fourth-order valence-corrected chi connectivity index (χ4v) is 5.45. The standard InChI is InChI=1S/C28H28N2OS/c31-26(30-27-29-24(20-32-27)17-16-21-10-4-1-5-11-21)28(18-19-28)25(22-12-6-2-7-13-22)23-14-8-3-9-15-23/h1-15,20,25-26,31H,16-19H2,(H,29,30). The number of benzene rings is 3. The molecule has 1 unspecified atom stereocenters. The highest BCUT2D eigenvalue weighted by atomic mass is 32.1. The van der Waals surface area contributed by atoms with Crippen molar-refractivity contribution in [2.24, 2.45) is 5.41 Å². The van der Waals surface area contributed by atoms with Crippen LogP contribution in [0.3, 0.4) is 0 Å². The molecule has 1 aliphatic rings. The first-order valence-electron chi connectivity index (χ1n) is 11.3. The van der Waals surface area contributed by atoms with Gasteiger partial charge in [-0.3, -0.25) is 0 Å². The van der Waals surface area contributed by atoms with Crippen LogP contribution in [0.1, 0.15) is 41.1 Å². The number of aliphatic hydroxyl groups excluding tert-OH is 1. The molecule has 32 heavy (non-hydrogen) atoms. The zero-order valence-electron chi connectivity index (χ0n) is 18.0. The Labute approximate surface area is 193 Å². The molecule has 0 radical (unpaired) electrons. The minimum atomic E-state index is -0.652. The van der Waals surface area contributed by atoms with E-state index in [4.69, 9.17) is 4.98 Å². The minimum Gasteiger partial charge on any atom is -0.373 e.